The predicted octanol–water partition coefficient (Wildman–Crippen LogP) is 6.04. The third kappa shape index (κ3) is 4.27. The molecule has 2 aromatic carbocycles. The van der Waals surface area contributed by atoms with Crippen molar-refractivity contribution >= 4 is 33.2 Å². The molecule has 1 aromatic heterocycles. The first kappa shape index (κ1) is 18.7. The second-order valence-electron chi connectivity index (χ2n) is 7.00. The van der Waals surface area contributed by atoms with Crippen LogP contribution in [0.4, 0.5) is 0 Å². The van der Waals surface area contributed by atoms with Gasteiger partial charge in [-0.1, -0.05) is 49.1 Å². The summed E-state index contributed by atoms with van der Waals surface area (Å²) in [5.41, 5.74) is 1.95. The van der Waals surface area contributed by atoms with Gasteiger partial charge in [-0.05, 0) is 43.0 Å². The van der Waals surface area contributed by atoms with Gasteiger partial charge in [0.1, 0.15) is 23.5 Å². The Morgan fingerprint density at radius 2 is 1.96 bits per heavy atom. The van der Waals surface area contributed by atoms with Crippen molar-refractivity contribution in [3.05, 3.63) is 58.1 Å². The van der Waals surface area contributed by atoms with Crippen LogP contribution in [0.2, 0.25) is 5.02 Å². The molecule has 0 bridgehead atoms. The predicted molar refractivity (Wildman–Crippen MR) is 110 cm³/mol. The molecular weight excluding hydrogens is 380 g/mol. The molecule has 1 aliphatic carbocycles. The lowest BCUT2D eigenvalue weighted by atomic mass is 9.82. The first-order valence-electron chi connectivity index (χ1n) is 9.37. The van der Waals surface area contributed by atoms with E-state index in [0.29, 0.717) is 17.5 Å². The number of para-hydroxylation sites is 1. The van der Waals surface area contributed by atoms with E-state index in [4.69, 9.17) is 27.1 Å². The highest BCUT2D eigenvalue weighted by molar-refractivity contribution is 7.18. The fraction of sp³-hybridized carbons (Fsp3) is 0.381. The molecule has 0 amide bonds. The van der Waals surface area contributed by atoms with E-state index in [0.717, 1.165) is 34.7 Å². The van der Waals surface area contributed by atoms with Crippen LogP contribution in [0.1, 0.15) is 48.8 Å². The second-order valence-corrected chi connectivity index (χ2v) is 8.52. The number of nitrogens with zero attached hydrogens (tertiary/aromatic N) is 1. The molecule has 27 heavy (non-hydrogen) atoms. The number of halogens is 1. The maximum atomic E-state index is 6.54. The van der Waals surface area contributed by atoms with E-state index in [1.54, 1.807) is 11.3 Å². The van der Waals surface area contributed by atoms with Crippen molar-refractivity contribution in [2.24, 2.45) is 11.8 Å². The van der Waals surface area contributed by atoms with Gasteiger partial charge >= 0.3 is 0 Å². The van der Waals surface area contributed by atoms with Gasteiger partial charge in [0.15, 0.2) is 0 Å². The van der Waals surface area contributed by atoms with Crippen LogP contribution in [0.15, 0.2) is 42.5 Å². The molecule has 142 valence electrons. The van der Waals surface area contributed by atoms with Crippen molar-refractivity contribution in [2.75, 3.05) is 0 Å². The van der Waals surface area contributed by atoms with Gasteiger partial charge in [-0.3, -0.25) is 4.84 Å². The molecule has 4 nitrogen and oxygen atoms in total. The van der Waals surface area contributed by atoms with Gasteiger partial charge in [0.05, 0.1) is 15.2 Å². The molecule has 3 aromatic rings. The van der Waals surface area contributed by atoms with Gasteiger partial charge < -0.3 is 4.74 Å². The number of hydrogen-bond acceptors (Lipinski definition) is 5. The number of benzene rings is 2. The van der Waals surface area contributed by atoms with Crippen LogP contribution in [-0.2, 0) is 11.4 Å². The summed E-state index contributed by atoms with van der Waals surface area (Å²) in [5, 5.41) is 1.58. The van der Waals surface area contributed by atoms with Crippen LogP contribution in [0.5, 0.6) is 5.75 Å². The van der Waals surface area contributed by atoms with Crippen LogP contribution in [-0.4, -0.2) is 4.98 Å². The fourth-order valence-electron chi connectivity index (χ4n) is 3.83. The third-order valence-corrected chi connectivity index (χ3v) is 6.54. The third-order valence-electron chi connectivity index (χ3n) is 5.20. The summed E-state index contributed by atoms with van der Waals surface area (Å²) in [5.74, 6) is 6.77. The Morgan fingerprint density at radius 3 is 2.70 bits per heavy atom. The Kier molecular flexibility index (Phi) is 5.93. The Bertz CT molecular complexity index is 875. The SMILES string of the molecule is NOC(c1ccc(OCc2nc3ccccc3s2)cc1Cl)C1CCCCC1. The highest BCUT2D eigenvalue weighted by atomic mass is 35.5. The largest absolute Gasteiger partial charge is 0.486 e. The smallest absolute Gasteiger partial charge is 0.140 e. The number of ether oxygens (including phenoxy) is 1. The maximum absolute atomic E-state index is 6.54. The Labute approximate surface area is 168 Å². The summed E-state index contributed by atoms with van der Waals surface area (Å²) in [7, 11) is 0. The minimum atomic E-state index is -0.156. The number of aromatic nitrogens is 1. The van der Waals surface area contributed by atoms with E-state index in [2.05, 4.69) is 11.1 Å². The summed E-state index contributed by atoms with van der Waals surface area (Å²) < 4.78 is 7.07. The van der Waals surface area contributed by atoms with E-state index in [9.17, 15) is 0 Å². The zero-order chi connectivity index (χ0) is 18.6. The minimum Gasteiger partial charge on any atom is -0.486 e. The monoisotopic (exact) mass is 402 g/mol. The molecular formula is C21H23ClN2O2S. The van der Waals surface area contributed by atoms with Crippen molar-refractivity contribution in [3.63, 3.8) is 0 Å². The van der Waals surface area contributed by atoms with Crippen molar-refractivity contribution in [1.29, 1.82) is 0 Å². The van der Waals surface area contributed by atoms with Crippen LogP contribution in [0, 0.1) is 5.92 Å². The van der Waals surface area contributed by atoms with E-state index in [1.165, 1.54) is 24.0 Å². The molecule has 1 fully saturated rings. The lowest BCUT2D eigenvalue weighted by Crippen LogP contribution is -2.22. The zero-order valence-electron chi connectivity index (χ0n) is 15.1. The van der Waals surface area contributed by atoms with E-state index in [-0.39, 0.29) is 6.10 Å². The summed E-state index contributed by atoms with van der Waals surface area (Å²) in [4.78, 5) is 9.92. The molecule has 2 N–H and O–H groups in total. The highest BCUT2D eigenvalue weighted by Crippen LogP contribution is 2.39. The van der Waals surface area contributed by atoms with Crippen molar-refractivity contribution < 1.29 is 9.57 Å². The van der Waals surface area contributed by atoms with Crippen molar-refractivity contribution in [1.82, 2.24) is 4.98 Å². The van der Waals surface area contributed by atoms with E-state index >= 15 is 0 Å². The topological polar surface area (TPSA) is 57.4 Å². The van der Waals surface area contributed by atoms with Crippen LogP contribution >= 0.6 is 22.9 Å². The lowest BCUT2D eigenvalue weighted by Gasteiger charge is -2.29. The average Bonchev–Trinajstić information content (AvgIpc) is 3.12. The quantitative estimate of drug-likeness (QED) is 0.510. The molecule has 0 spiro atoms. The van der Waals surface area contributed by atoms with Crippen molar-refractivity contribution in [3.8, 4) is 5.75 Å². The molecule has 0 radical (unpaired) electrons. The number of rotatable bonds is 6. The molecule has 1 saturated carbocycles. The number of fused-ring (bicyclic) bond motifs is 1. The number of nitrogens with two attached hydrogens (primary N) is 1. The van der Waals surface area contributed by atoms with E-state index in [1.807, 2.05) is 36.4 Å². The molecule has 4 rings (SSSR count). The molecule has 1 unspecified atom stereocenters. The Hall–Kier alpha value is -1.66. The van der Waals surface area contributed by atoms with Crippen LogP contribution < -0.4 is 10.6 Å². The standard InChI is InChI=1S/C21H23ClN2O2S/c22-17-12-15(25-13-20-24-18-8-4-5-9-19(18)27-20)10-11-16(17)21(26-23)14-6-2-1-3-7-14/h4-5,8-12,14,21H,1-3,6-7,13,23H2. The normalized spacial score (nSPS) is 16.5. The molecule has 6 heteroatoms. The summed E-state index contributed by atoms with van der Waals surface area (Å²) in [6.45, 7) is 0.425. The van der Waals surface area contributed by atoms with Crippen LogP contribution in [0.3, 0.4) is 0 Å². The molecule has 1 aliphatic rings. The summed E-state index contributed by atoms with van der Waals surface area (Å²) >= 11 is 8.19. The summed E-state index contributed by atoms with van der Waals surface area (Å²) in [6, 6.07) is 13.9. The van der Waals surface area contributed by atoms with Gasteiger partial charge in [0, 0.05) is 5.56 Å². The molecule has 1 atom stereocenters. The first-order valence-corrected chi connectivity index (χ1v) is 10.6. The van der Waals surface area contributed by atoms with Gasteiger partial charge in [0.2, 0.25) is 0 Å². The Morgan fingerprint density at radius 1 is 1.15 bits per heavy atom. The fourth-order valence-corrected chi connectivity index (χ4v) is 4.99. The van der Waals surface area contributed by atoms with Gasteiger partial charge in [-0.2, -0.15) is 0 Å². The van der Waals surface area contributed by atoms with Gasteiger partial charge in [-0.15, -0.1) is 11.3 Å². The molecule has 1 heterocycles. The maximum Gasteiger partial charge on any atom is 0.140 e. The van der Waals surface area contributed by atoms with Gasteiger partial charge in [-0.25, -0.2) is 10.9 Å². The minimum absolute atomic E-state index is 0.156. The first-order chi connectivity index (χ1) is 13.2. The number of hydrogen-bond donors (Lipinski definition) is 1. The molecule has 0 saturated heterocycles. The second kappa shape index (κ2) is 8.57. The average molecular weight is 403 g/mol. The highest BCUT2D eigenvalue weighted by Gasteiger charge is 2.27. The zero-order valence-corrected chi connectivity index (χ0v) is 16.6. The Balaban J connectivity index is 1.45. The molecule has 0 aliphatic heterocycles. The van der Waals surface area contributed by atoms with Gasteiger partial charge in [0.25, 0.3) is 0 Å². The lowest BCUT2D eigenvalue weighted by molar-refractivity contribution is -0.00272. The number of thiazole rings is 1. The van der Waals surface area contributed by atoms with Crippen LogP contribution in [0.25, 0.3) is 10.2 Å². The summed E-state index contributed by atoms with van der Waals surface area (Å²) in [6.07, 6.45) is 5.86. The van der Waals surface area contributed by atoms with Crippen molar-refractivity contribution in [2.45, 2.75) is 44.8 Å². The van der Waals surface area contributed by atoms with E-state index < -0.39 is 0 Å².